The zero-order valence-electron chi connectivity index (χ0n) is 16.3. The van der Waals surface area contributed by atoms with E-state index >= 15 is 0 Å². The van der Waals surface area contributed by atoms with E-state index in [2.05, 4.69) is 15.5 Å². The molecule has 0 unspecified atom stereocenters. The molecule has 3 aromatic carbocycles. The van der Waals surface area contributed by atoms with Gasteiger partial charge in [0.2, 0.25) is 11.7 Å². The summed E-state index contributed by atoms with van der Waals surface area (Å²) in [5.41, 5.74) is 3.06. The second-order valence-electron chi connectivity index (χ2n) is 6.80. The molecule has 0 aliphatic carbocycles. The Bertz CT molecular complexity index is 1180. The van der Waals surface area contributed by atoms with Gasteiger partial charge in [-0.1, -0.05) is 83.5 Å². The van der Waals surface area contributed by atoms with Gasteiger partial charge in [-0.15, -0.1) is 0 Å². The highest BCUT2D eigenvalue weighted by Gasteiger charge is 2.18. The molecule has 0 saturated heterocycles. The summed E-state index contributed by atoms with van der Waals surface area (Å²) in [6, 6.07) is 23.4. The summed E-state index contributed by atoms with van der Waals surface area (Å²) >= 11 is 0. The van der Waals surface area contributed by atoms with Crippen molar-refractivity contribution < 1.29 is 14.1 Å². The summed E-state index contributed by atoms with van der Waals surface area (Å²) in [5, 5.41) is 6.69. The van der Waals surface area contributed by atoms with Crippen LogP contribution < -0.4 is 5.32 Å². The summed E-state index contributed by atoms with van der Waals surface area (Å²) in [6.45, 7) is 2.02. The summed E-state index contributed by atoms with van der Waals surface area (Å²) in [4.78, 5) is 29.9. The number of amides is 1. The van der Waals surface area contributed by atoms with Gasteiger partial charge in [-0.2, -0.15) is 4.98 Å². The van der Waals surface area contributed by atoms with Crippen LogP contribution in [0, 0.1) is 6.92 Å². The van der Waals surface area contributed by atoms with Crippen molar-refractivity contribution in [2.45, 2.75) is 13.5 Å². The first kappa shape index (κ1) is 19.3. The molecule has 6 heteroatoms. The van der Waals surface area contributed by atoms with E-state index in [1.165, 1.54) is 0 Å². The normalized spacial score (nSPS) is 10.6. The van der Waals surface area contributed by atoms with E-state index in [0.29, 0.717) is 22.5 Å². The van der Waals surface area contributed by atoms with E-state index in [9.17, 15) is 9.59 Å². The van der Waals surface area contributed by atoms with Crippen molar-refractivity contribution in [2.24, 2.45) is 0 Å². The third-order valence-corrected chi connectivity index (χ3v) is 4.63. The number of nitrogens with one attached hydrogen (secondary N) is 1. The molecule has 0 aliphatic heterocycles. The Morgan fingerprint density at radius 1 is 0.867 bits per heavy atom. The van der Waals surface area contributed by atoms with Crippen molar-refractivity contribution in [3.05, 3.63) is 107 Å². The molecule has 0 bridgehead atoms. The fourth-order valence-electron chi connectivity index (χ4n) is 3.02. The lowest BCUT2D eigenvalue weighted by Crippen LogP contribution is -2.25. The second kappa shape index (κ2) is 8.53. The molecule has 0 aliphatic rings. The van der Waals surface area contributed by atoms with Crippen LogP contribution >= 0.6 is 0 Å². The molecule has 1 amide bonds. The number of carbonyl (C=O) groups excluding carboxylic acids is 2. The number of aromatic nitrogens is 2. The molecule has 0 fully saturated rings. The number of benzene rings is 3. The second-order valence-corrected chi connectivity index (χ2v) is 6.80. The van der Waals surface area contributed by atoms with Crippen molar-refractivity contribution in [1.82, 2.24) is 15.5 Å². The number of ketones is 1. The average Bonchev–Trinajstić information content (AvgIpc) is 3.27. The van der Waals surface area contributed by atoms with Gasteiger partial charge >= 0.3 is 0 Å². The molecule has 0 atom stereocenters. The molecule has 0 saturated carbocycles. The maximum atomic E-state index is 12.9. The number of rotatable bonds is 6. The van der Waals surface area contributed by atoms with E-state index in [0.717, 1.165) is 11.1 Å². The molecular weight excluding hydrogens is 378 g/mol. The summed E-state index contributed by atoms with van der Waals surface area (Å²) in [5.74, 6) is 0.148. The predicted molar refractivity (Wildman–Crippen MR) is 112 cm³/mol. The fraction of sp³-hybridized carbons (Fsp3) is 0.0833. The first-order chi connectivity index (χ1) is 14.6. The highest BCUT2D eigenvalue weighted by Crippen LogP contribution is 2.17. The van der Waals surface area contributed by atoms with Gasteiger partial charge in [0.15, 0.2) is 5.78 Å². The SMILES string of the molecule is Cc1ccc(C(=O)c2ccccc2C(=O)NCc2nc(-c3ccccc3)no2)cc1. The van der Waals surface area contributed by atoms with Crippen molar-refractivity contribution in [2.75, 3.05) is 0 Å². The standard InChI is InChI=1S/C24H19N3O3/c1-16-11-13-17(14-12-16)22(28)19-9-5-6-10-20(19)24(29)25-15-21-26-23(27-30-21)18-7-3-2-4-8-18/h2-14H,15H2,1H3,(H,25,29). The van der Waals surface area contributed by atoms with E-state index < -0.39 is 0 Å². The van der Waals surface area contributed by atoms with Crippen LogP contribution in [0.4, 0.5) is 0 Å². The van der Waals surface area contributed by atoms with Gasteiger partial charge < -0.3 is 9.84 Å². The highest BCUT2D eigenvalue weighted by molar-refractivity contribution is 6.15. The quantitative estimate of drug-likeness (QED) is 0.493. The Morgan fingerprint density at radius 2 is 1.53 bits per heavy atom. The van der Waals surface area contributed by atoms with Crippen molar-refractivity contribution in [3.63, 3.8) is 0 Å². The van der Waals surface area contributed by atoms with Crippen LogP contribution in [-0.4, -0.2) is 21.8 Å². The molecule has 4 aromatic rings. The maximum absolute atomic E-state index is 12.9. The van der Waals surface area contributed by atoms with Crippen molar-refractivity contribution >= 4 is 11.7 Å². The zero-order chi connectivity index (χ0) is 20.9. The van der Waals surface area contributed by atoms with E-state index in [4.69, 9.17) is 4.52 Å². The lowest BCUT2D eigenvalue weighted by atomic mass is 9.97. The minimum absolute atomic E-state index is 0.0612. The zero-order valence-corrected chi connectivity index (χ0v) is 16.3. The number of carbonyl (C=O) groups is 2. The number of hydrogen-bond acceptors (Lipinski definition) is 5. The van der Waals surface area contributed by atoms with Gasteiger partial charge in [0.25, 0.3) is 5.91 Å². The van der Waals surface area contributed by atoms with Crippen LogP contribution in [0.15, 0.2) is 83.4 Å². The molecule has 6 nitrogen and oxygen atoms in total. The highest BCUT2D eigenvalue weighted by atomic mass is 16.5. The fourth-order valence-corrected chi connectivity index (χ4v) is 3.02. The number of aryl methyl sites for hydroxylation is 1. The molecule has 0 radical (unpaired) electrons. The third kappa shape index (κ3) is 4.17. The van der Waals surface area contributed by atoms with E-state index in [1.807, 2.05) is 49.4 Å². The minimum Gasteiger partial charge on any atom is -0.343 e. The van der Waals surface area contributed by atoms with Gasteiger partial charge in [0, 0.05) is 16.7 Å². The smallest absolute Gasteiger partial charge is 0.252 e. The van der Waals surface area contributed by atoms with E-state index in [-0.39, 0.29) is 24.1 Å². The van der Waals surface area contributed by atoms with Crippen LogP contribution in [-0.2, 0) is 6.54 Å². The molecule has 1 heterocycles. The first-order valence-electron chi connectivity index (χ1n) is 9.48. The molecule has 4 rings (SSSR count). The molecular formula is C24H19N3O3. The number of hydrogen-bond donors (Lipinski definition) is 1. The van der Waals surface area contributed by atoms with Crippen LogP contribution in [0.3, 0.4) is 0 Å². The van der Waals surface area contributed by atoms with Crippen molar-refractivity contribution in [3.8, 4) is 11.4 Å². The predicted octanol–water partition coefficient (Wildman–Crippen LogP) is 4.21. The van der Waals surface area contributed by atoms with Crippen molar-refractivity contribution in [1.29, 1.82) is 0 Å². The molecule has 1 N–H and O–H groups in total. The van der Waals surface area contributed by atoms with Crippen LogP contribution in [0.25, 0.3) is 11.4 Å². The van der Waals surface area contributed by atoms with Crippen LogP contribution in [0.1, 0.15) is 37.7 Å². The molecule has 148 valence electrons. The first-order valence-corrected chi connectivity index (χ1v) is 9.48. The lowest BCUT2D eigenvalue weighted by molar-refractivity contribution is 0.0935. The maximum Gasteiger partial charge on any atom is 0.252 e. The van der Waals surface area contributed by atoms with Gasteiger partial charge in [-0.05, 0) is 13.0 Å². The van der Waals surface area contributed by atoms with Gasteiger partial charge in [0.05, 0.1) is 12.1 Å². The Balaban J connectivity index is 1.49. The van der Waals surface area contributed by atoms with Gasteiger partial charge in [-0.25, -0.2) is 0 Å². The van der Waals surface area contributed by atoms with Gasteiger partial charge in [-0.3, -0.25) is 9.59 Å². The van der Waals surface area contributed by atoms with Crippen LogP contribution in [0.2, 0.25) is 0 Å². The topological polar surface area (TPSA) is 85.1 Å². The Morgan fingerprint density at radius 3 is 2.27 bits per heavy atom. The Kier molecular flexibility index (Phi) is 5.48. The van der Waals surface area contributed by atoms with Gasteiger partial charge in [0.1, 0.15) is 0 Å². The summed E-state index contributed by atoms with van der Waals surface area (Å²) < 4.78 is 5.22. The minimum atomic E-state index is -0.384. The largest absolute Gasteiger partial charge is 0.343 e. The third-order valence-electron chi connectivity index (χ3n) is 4.63. The number of nitrogens with zero attached hydrogens (tertiary/aromatic N) is 2. The van der Waals surface area contributed by atoms with E-state index in [1.54, 1.807) is 36.4 Å². The van der Waals surface area contributed by atoms with Crippen LogP contribution in [0.5, 0.6) is 0 Å². The molecule has 0 spiro atoms. The Labute approximate surface area is 173 Å². The molecule has 1 aromatic heterocycles. The molecule has 30 heavy (non-hydrogen) atoms. The monoisotopic (exact) mass is 397 g/mol. The summed E-state index contributed by atoms with van der Waals surface area (Å²) in [6.07, 6.45) is 0. The Hall–Kier alpha value is -4.06. The summed E-state index contributed by atoms with van der Waals surface area (Å²) in [7, 11) is 0. The average molecular weight is 397 g/mol. The lowest BCUT2D eigenvalue weighted by Gasteiger charge is -2.09.